The first kappa shape index (κ1) is 20.8. The summed E-state index contributed by atoms with van der Waals surface area (Å²) in [5.74, 6) is -0.0987. The number of aromatic nitrogens is 1. The lowest BCUT2D eigenvalue weighted by Crippen LogP contribution is -2.18. The summed E-state index contributed by atoms with van der Waals surface area (Å²) in [4.78, 5) is 30.4. The number of rotatable bonds is 7. The molecule has 3 aromatic rings. The Labute approximate surface area is 177 Å². The minimum atomic E-state index is -0.291. The first-order chi connectivity index (χ1) is 14.0. The summed E-state index contributed by atoms with van der Waals surface area (Å²) in [6.07, 6.45) is 0.510. The van der Waals surface area contributed by atoms with Gasteiger partial charge in [0.15, 0.2) is 5.78 Å². The van der Waals surface area contributed by atoms with Gasteiger partial charge in [0.1, 0.15) is 11.1 Å². The van der Waals surface area contributed by atoms with E-state index in [1.54, 1.807) is 25.1 Å². The molecule has 0 unspecified atom stereocenters. The number of pyridine rings is 1. The normalized spacial score (nSPS) is 10.4. The Bertz CT molecular complexity index is 1070. The van der Waals surface area contributed by atoms with Crippen molar-refractivity contribution in [3.63, 3.8) is 0 Å². The molecule has 0 saturated heterocycles. The number of ketones is 1. The number of nitrogens with one attached hydrogen (secondary N) is 1. The molecule has 3 rings (SSSR count). The standard InChI is InChI=1S/C22H19N3O2S2/c1-3-16-17(12-23)22(29-13-18(26)19-10-7-11-28-19)24-14(2)20(16)21(27)25-15-8-5-4-6-9-15/h4-11H,3,13H2,1-2H3,(H,25,27). The molecule has 0 radical (unpaired) electrons. The monoisotopic (exact) mass is 421 g/mol. The number of benzene rings is 1. The predicted molar refractivity (Wildman–Crippen MR) is 117 cm³/mol. The number of aryl methyl sites for hydroxylation is 1. The molecule has 7 heteroatoms. The van der Waals surface area contributed by atoms with Crippen LogP contribution in [0.4, 0.5) is 5.69 Å². The quantitative estimate of drug-likeness (QED) is 0.423. The van der Waals surface area contributed by atoms with E-state index in [9.17, 15) is 14.9 Å². The number of carbonyl (C=O) groups excluding carboxylic acids is 2. The van der Waals surface area contributed by atoms with Crippen LogP contribution in [0.25, 0.3) is 0 Å². The van der Waals surface area contributed by atoms with Crippen LogP contribution in [0.5, 0.6) is 0 Å². The Hall–Kier alpha value is -2.95. The molecule has 0 spiro atoms. The van der Waals surface area contributed by atoms with Gasteiger partial charge in [-0.1, -0.05) is 43.0 Å². The molecular formula is C22H19N3O2S2. The van der Waals surface area contributed by atoms with Crippen molar-refractivity contribution in [1.82, 2.24) is 4.98 Å². The number of para-hydroxylation sites is 1. The molecule has 0 aliphatic rings. The van der Waals surface area contributed by atoms with Crippen molar-refractivity contribution in [2.24, 2.45) is 0 Å². The van der Waals surface area contributed by atoms with Crippen LogP contribution in [0, 0.1) is 18.3 Å². The third-order valence-corrected chi connectivity index (χ3v) is 6.19. The maximum atomic E-state index is 12.9. The zero-order valence-corrected chi connectivity index (χ0v) is 17.7. The van der Waals surface area contributed by atoms with Gasteiger partial charge in [0.2, 0.25) is 0 Å². The molecule has 0 saturated carbocycles. The van der Waals surface area contributed by atoms with Crippen molar-refractivity contribution in [3.8, 4) is 6.07 Å². The fourth-order valence-corrected chi connectivity index (χ4v) is 4.66. The van der Waals surface area contributed by atoms with E-state index >= 15 is 0 Å². The number of anilines is 1. The summed E-state index contributed by atoms with van der Waals surface area (Å²) in [6, 6.07) is 15.0. The lowest BCUT2D eigenvalue weighted by molar-refractivity contribution is 0.101. The summed E-state index contributed by atoms with van der Waals surface area (Å²) >= 11 is 2.63. The van der Waals surface area contributed by atoms with Crippen LogP contribution in [0.1, 0.15) is 43.8 Å². The summed E-state index contributed by atoms with van der Waals surface area (Å²) in [6.45, 7) is 3.66. The molecule has 0 aliphatic carbocycles. The molecule has 1 amide bonds. The molecule has 0 bridgehead atoms. The highest BCUT2D eigenvalue weighted by atomic mass is 32.2. The molecule has 0 atom stereocenters. The van der Waals surface area contributed by atoms with E-state index in [1.807, 2.05) is 36.6 Å². The minimum Gasteiger partial charge on any atom is -0.322 e. The molecule has 1 N–H and O–H groups in total. The average Bonchev–Trinajstić information content (AvgIpc) is 3.27. The zero-order chi connectivity index (χ0) is 20.8. The van der Waals surface area contributed by atoms with Crippen molar-refractivity contribution >= 4 is 40.5 Å². The number of nitriles is 1. The highest BCUT2D eigenvalue weighted by molar-refractivity contribution is 8.00. The second-order valence-electron chi connectivity index (χ2n) is 6.21. The number of hydrogen-bond acceptors (Lipinski definition) is 6. The fraction of sp³-hybridized carbons (Fsp3) is 0.182. The van der Waals surface area contributed by atoms with Crippen LogP contribution in [0.2, 0.25) is 0 Å². The molecule has 2 aromatic heterocycles. The van der Waals surface area contributed by atoms with E-state index in [0.717, 1.165) is 0 Å². The van der Waals surface area contributed by atoms with Gasteiger partial charge in [0, 0.05) is 5.69 Å². The van der Waals surface area contributed by atoms with Crippen molar-refractivity contribution in [2.45, 2.75) is 25.3 Å². The van der Waals surface area contributed by atoms with Crippen LogP contribution >= 0.6 is 23.1 Å². The smallest absolute Gasteiger partial charge is 0.257 e. The van der Waals surface area contributed by atoms with E-state index in [1.165, 1.54) is 23.1 Å². The molecule has 29 heavy (non-hydrogen) atoms. The summed E-state index contributed by atoms with van der Waals surface area (Å²) < 4.78 is 0. The van der Waals surface area contributed by atoms with Gasteiger partial charge in [0.05, 0.1) is 27.5 Å². The van der Waals surface area contributed by atoms with Crippen LogP contribution < -0.4 is 5.32 Å². The summed E-state index contributed by atoms with van der Waals surface area (Å²) in [5, 5.41) is 15.0. The molecular weight excluding hydrogens is 402 g/mol. The maximum Gasteiger partial charge on any atom is 0.257 e. The van der Waals surface area contributed by atoms with E-state index in [2.05, 4.69) is 16.4 Å². The van der Waals surface area contributed by atoms with Crippen molar-refractivity contribution in [3.05, 3.63) is 75.1 Å². The van der Waals surface area contributed by atoms with Gasteiger partial charge in [-0.3, -0.25) is 9.59 Å². The Morgan fingerprint density at radius 3 is 2.59 bits per heavy atom. The second kappa shape index (κ2) is 9.50. The zero-order valence-electron chi connectivity index (χ0n) is 16.1. The SMILES string of the molecule is CCc1c(C#N)c(SCC(=O)c2cccs2)nc(C)c1C(=O)Nc1ccccc1. The molecule has 146 valence electrons. The van der Waals surface area contributed by atoms with Gasteiger partial charge in [-0.05, 0) is 42.5 Å². The van der Waals surface area contributed by atoms with E-state index in [0.29, 0.717) is 44.4 Å². The lowest BCUT2D eigenvalue weighted by atomic mass is 9.99. The average molecular weight is 422 g/mol. The Balaban J connectivity index is 1.90. The predicted octanol–water partition coefficient (Wildman–Crippen LogP) is 5.11. The van der Waals surface area contributed by atoms with Gasteiger partial charge in [-0.15, -0.1) is 11.3 Å². The second-order valence-corrected chi connectivity index (χ2v) is 8.12. The van der Waals surface area contributed by atoms with Gasteiger partial charge in [0.25, 0.3) is 5.91 Å². The van der Waals surface area contributed by atoms with Crippen molar-refractivity contribution in [2.75, 3.05) is 11.1 Å². The Morgan fingerprint density at radius 2 is 1.97 bits per heavy atom. The van der Waals surface area contributed by atoms with Crippen molar-refractivity contribution < 1.29 is 9.59 Å². The molecule has 0 fully saturated rings. The molecule has 5 nitrogen and oxygen atoms in total. The van der Waals surface area contributed by atoms with Gasteiger partial charge < -0.3 is 5.32 Å². The van der Waals surface area contributed by atoms with E-state index < -0.39 is 0 Å². The topological polar surface area (TPSA) is 82.8 Å². The number of nitrogens with zero attached hydrogens (tertiary/aromatic N) is 2. The van der Waals surface area contributed by atoms with Gasteiger partial charge in [-0.2, -0.15) is 5.26 Å². The van der Waals surface area contributed by atoms with E-state index in [-0.39, 0.29) is 17.4 Å². The Kier molecular flexibility index (Phi) is 6.81. The van der Waals surface area contributed by atoms with Gasteiger partial charge >= 0.3 is 0 Å². The first-order valence-corrected chi connectivity index (χ1v) is 10.9. The van der Waals surface area contributed by atoms with Gasteiger partial charge in [-0.25, -0.2) is 4.98 Å². The largest absolute Gasteiger partial charge is 0.322 e. The van der Waals surface area contributed by atoms with Crippen LogP contribution in [0.15, 0.2) is 52.9 Å². The van der Waals surface area contributed by atoms with Crippen molar-refractivity contribution in [1.29, 1.82) is 5.26 Å². The third kappa shape index (κ3) is 4.73. The fourth-order valence-electron chi connectivity index (χ4n) is 2.97. The summed E-state index contributed by atoms with van der Waals surface area (Å²) in [5.41, 5.74) is 2.65. The van der Waals surface area contributed by atoms with Crippen LogP contribution in [0.3, 0.4) is 0 Å². The number of thiophene rings is 1. The third-order valence-electron chi connectivity index (χ3n) is 4.31. The van der Waals surface area contributed by atoms with E-state index in [4.69, 9.17) is 0 Å². The number of thioether (sulfide) groups is 1. The minimum absolute atomic E-state index is 0.00251. The Morgan fingerprint density at radius 1 is 1.21 bits per heavy atom. The highest BCUT2D eigenvalue weighted by Crippen LogP contribution is 2.29. The number of Topliss-reactive ketones (excluding diaryl/α,β-unsaturated/α-hetero) is 1. The maximum absolute atomic E-state index is 12.9. The lowest BCUT2D eigenvalue weighted by Gasteiger charge is -2.15. The first-order valence-electron chi connectivity index (χ1n) is 9.04. The van der Waals surface area contributed by atoms with Crippen LogP contribution in [-0.2, 0) is 6.42 Å². The molecule has 1 aromatic carbocycles. The highest BCUT2D eigenvalue weighted by Gasteiger charge is 2.22. The van der Waals surface area contributed by atoms with Crippen LogP contribution in [-0.4, -0.2) is 22.4 Å². The summed E-state index contributed by atoms with van der Waals surface area (Å²) in [7, 11) is 0. The molecule has 0 aliphatic heterocycles. The molecule has 2 heterocycles. The number of amides is 1. The number of carbonyl (C=O) groups is 2. The number of hydrogen-bond donors (Lipinski definition) is 1.